The van der Waals surface area contributed by atoms with Gasteiger partial charge in [-0.15, -0.1) is 0 Å². The van der Waals surface area contributed by atoms with Gasteiger partial charge in [-0.05, 0) is 29.8 Å². The van der Waals surface area contributed by atoms with Crippen LogP contribution >= 0.6 is 0 Å². The smallest absolute Gasteiger partial charge is 0.149 e. The van der Waals surface area contributed by atoms with Crippen LogP contribution in [-0.2, 0) is 6.42 Å². The van der Waals surface area contributed by atoms with E-state index in [1.807, 2.05) is 0 Å². The number of pyridine rings is 1. The Kier molecular flexibility index (Phi) is 3.77. The fourth-order valence-electron chi connectivity index (χ4n) is 2.21. The van der Waals surface area contributed by atoms with Gasteiger partial charge < -0.3 is 4.74 Å². The van der Waals surface area contributed by atoms with Crippen LogP contribution in [0.25, 0.3) is 10.9 Å². The summed E-state index contributed by atoms with van der Waals surface area (Å²) in [7, 11) is 0. The number of halogens is 2. The second-order valence-corrected chi connectivity index (χ2v) is 4.63. The van der Waals surface area contributed by atoms with Gasteiger partial charge in [-0.25, -0.2) is 8.78 Å². The van der Waals surface area contributed by atoms with E-state index in [0.717, 1.165) is 0 Å². The summed E-state index contributed by atoms with van der Waals surface area (Å²) in [5, 5.41) is 0.617. The standard InChI is InChI=1S/C17H13F2NO/c18-14-6-2-1-4-12(14)9-11-21-16-8-10-20-17-13(16)5-3-7-15(17)19/h1-8,10H,9,11H2. The molecule has 0 N–H and O–H groups in total. The largest absolute Gasteiger partial charge is 0.492 e. The second-order valence-electron chi connectivity index (χ2n) is 4.63. The number of ether oxygens (including phenoxy) is 1. The molecule has 3 aromatic rings. The summed E-state index contributed by atoms with van der Waals surface area (Å²) in [4.78, 5) is 4.01. The normalized spacial score (nSPS) is 10.8. The number of para-hydroxylation sites is 1. The summed E-state index contributed by atoms with van der Waals surface area (Å²) >= 11 is 0. The van der Waals surface area contributed by atoms with Gasteiger partial charge in [0.05, 0.1) is 6.61 Å². The van der Waals surface area contributed by atoms with Gasteiger partial charge in [-0.2, -0.15) is 0 Å². The highest BCUT2D eigenvalue weighted by molar-refractivity contribution is 5.85. The van der Waals surface area contributed by atoms with Gasteiger partial charge in [0.1, 0.15) is 22.9 Å². The molecule has 2 nitrogen and oxygen atoms in total. The van der Waals surface area contributed by atoms with Gasteiger partial charge in [0, 0.05) is 18.0 Å². The van der Waals surface area contributed by atoms with Crippen molar-refractivity contribution in [2.24, 2.45) is 0 Å². The van der Waals surface area contributed by atoms with Crippen LogP contribution in [0.5, 0.6) is 5.75 Å². The van der Waals surface area contributed by atoms with E-state index in [1.54, 1.807) is 36.4 Å². The molecular formula is C17H13F2NO. The fraction of sp³-hybridized carbons (Fsp3) is 0.118. The van der Waals surface area contributed by atoms with E-state index in [9.17, 15) is 8.78 Å². The summed E-state index contributed by atoms with van der Waals surface area (Å²) in [5.74, 6) is -0.0744. The maximum absolute atomic E-state index is 13.6. The third-order valence-electron chi connectivity index (χ3n) is 3.27. The first-order chi connectivity index (χ1) is 10.3. The summed E-state index contributed by atoms with van der Waals surface area (Å²) in [5.41, 5.74) is 0.878. The van der Waals surface area contributed by atoms with Crippen molar-refractivity contribution >= 4 is 10.9 Å². The number of rotatable bonds is 4. The molecule has 4 heteroatoms. The van der Waals surface area contributed by atoms with Crippen LogP contribution in [0.4, 0.5) is 8.78 Å². The SMILES string of the molecule is Fc1ccccc1CCOc1ccnc2c(F)cccc12. The average Bonchev–Trinajstić information content (AvgIpc) is 2.50. The molecule has 1 aromatic heterocycles. The highest BCUT2D eigenvalue weighted by Gasteiger charge is 2.07. The predicted octanol–water partition coefficient (Wildman–Crippen LogP) is 4.13. The number of hydrogen-bond acceptors (Lipinski definition) is 2. The number of nitrogens with zero attached hydrogens (tertiary/aromatic N) is 1. The molecule has 0 atom stereocenters. The van der Waals surface area contributed by atoms with Gasteiger partial charge in [-0.3, -0.25) is 4.98 Å². The topological polar surface area (TPSA) is 22.1 Å². The molecule has 106 valence electrons. The van der Waals surface area contributed by atoms with Crippen LogP contribution in [0.2, 0.25) is 0 Å². The Balaban J connectivity index is 1.77. The van der Waals surface area contributed by atoms with Crippen molar-refractivity contribution in [2.45, 2.75) is 6.42 Å². The zero-order chi connectivity index (χ0) is 14.7. The average molecular weight is 285 g/mol. The zero-order valence-corrected chi connectivity index (χ0v) is 11.2. The monoisotopic (exact) mass is 285 g/mol. The Hall–Kier alpha value is -2.49. The van der Waals surface area contributed by atoms with E-state index in [0.29, 0.717) is 29.7 Å². The Morgan fingerprint density at radius 3 is 2.57 bits per heavy atom. The van der Waals surface area contributed by atoms with E-state index in [2.05, 4.69) is 4.98 Å². The van der Waals surface area contributed by atoms with Crippen molar-refractivity contribution < 1.29 is 13.5 Å². The third kappa shape index (κ3) is 2.84. The molecule has 0 amide bonds. The molecule has 0 saturated heterocycles. The van der Waals surface area contributed by atoms with Crippen LogP contribution < -0.4 is 4.74 Å². The maximum Gasteiger partial charge on any atom is 0.149 e. The first-order valence-electron chi connectivity index (χ1n) is 6.65. The van der Waals surface area contributed by atoms with Crippen molar-refractivity contribution in [1.82, 2.24) is 4.98 Å². The van der Waals surface area contributed by atoms with E-state index in [1.165, 1.54) is 18.3 Å². The van der Waals surface area contributed by atoms with Crippen molar-refractivity contribution in [3.8, 4) is 5.75 Å². The summed E-state index contributed by atoms with van der Waals surface area (Å²) < 4.78 is 32.8. The molecule has 0 aliphatic rings. The molecular weight excluding hydrogens is 272 g/mol. The molecule has 0 aliphatic carbocycles. The van der Waals surface area contributed by atoms with Crippen LogP contribution in [0.15, 0.2) is 54.7 Å². The fourth-order valence-corrected chi connectivity index (χ4v) is 2.21. The number of aromatic nitrogens is 1. The number of fused-ring (bicyclic) bond motifs is 1. The molecule has 0 aliphatic heterocycles. The first kappa shape index (κ1) is 13.5. The van der Waals surface area contributed by atoms with Crippen LogP contribution in [-0.4, -0.2) is 11.6 Å². The van der Waals surface area contributed by atoms with Gasteiger partial charge in [0.25, 0.3) is 0 Å². The van der Waals surface area contributed by atoms with E-state index in [-0.39, 0.29) is 17.2 Å². The second kappa shape index (κ2) is 5.87. The Morgan fingerprint density at radius 2 is 1.71 bits per heavy atom. The molecule has 0 saturated carbocycles. The molecule has 3 rings (SSSR count). The van der Waals surface area contributed by atoms with Crippen molar-refractivity contribution in [3.05, 3.63) is 71.9 Å². The van der Waals surface area contributed by atoms with E-state index < -0.39 is 0 Å². The Morgan fingerprint density at radius 1 is 0.905 bits per heavy atom. The minimum absolute atomic E-state index is 0.244. The lowest BCUT2D eigenvalue weighted by atomic mass is 10.1. The quantitative estimate of drug-likeness (QED) is 0.719. The van der Waals surface area contributed by atoms with Crippen LogP contribution in [0.3, 0.4) is 0 Å². The number of benzene rings is 2. The van der Waals surface area contributed by atoms with Gasteiger partial charge in [0.15, 0.2) is 0 Å². The first-order valence-corrected chi connectivity index (χ1v) is 6.65. The lowest BCUT2D eigenvalue weighted by molar-refractivity contribution is 0.323. The lowest BCUT2D eigenvalue weighted by Gasteiger charge is -2.09. The van der Waals surface area contributed by atoms with Gasteiger partial charge in [-0.1, -0.05) is 24.3 Å². The summed E-state index contributed by atoms with van der Waals surface area (Å²) in [6.07, 6.45) is 1.95. The van der Waals surface area contributed by atoms with Crippen molar-refractivity contribution in [1.29, 1.82) is 0 Å². The van der Waals surface area contributed by atoms with Crippen molar-refractivity contribution in [3.63, 3.8) is 0 Å². The Labute approximate surface area is 121 Å². The molecule has 2 aromatic carbocycles. The molecule has 0 radical (unpaired) electrons. The third-order valence-corrected chi connectivity index (χ3v) is 3.27. The van der Waals surface area contributed by atoms with Crippen LogP contribution in [0, 0.1) is 11.6 Å². The van der Waals surface area contributed by atoms with Crippen LogP contribution in [0.1, 0.15) is 5.56 Å². The highest BCUT2D eigenvalue weighted by Crippen LogP contribution is 2.25. The predicted molar refractivity (Wildman–Crippen MR) is 77.3 cm³/mol. The van der Waals surface area contributed by atoms with Gasteiger partial charge in [0.2, 0.25) is 0 Å². The minimum Gasteiger partial charge on any atom is -0.492 e. The van der Waals surface area contributed by atoms with Crippen molar-refractivity contribution in [2.75, 3.05) is 6.61 Å². The molecule has 21 heavy (non-hydrogen) atoms. The Bertz CT molecular complexity index is 774. The number of hydrogen-bond donors (Lipinski definition) is 0. The molecule has 1 heterocycles. The summed E-state index contributed by atoms with van der Waals surface area (Å²) in [6, 6.07) is 13.0. The molecule has 0 bridgehead atoms. The molecule has 0 unspecified atom stereocenters. The summed E-state index contributed by atoms with van der Waals surface area (Å²) in [6.45, 7) is 0.316. The van der Waals surface area contributed by atoms with E-state index >= 15 is 0 Å². The lowest BCUT2D eigenvalue weighted by Crippen LogP contribution is -2.03. The zero-order valence-electron chi connectivity index (χ0n) is 11.2. The molecule has 0 fully saturated rings. The highest BCUT2D eigenvalue weighted by atomic mass is 19.1. The van der Waals surface area contributed by atoms with E-state index in [4.69, 9.17) is 4.74 Å². The molecule has 0 spiro atoms. The van der Waals surface area contributed by atoms with Gasteiger partial charge >= 0.3 is 0 Å². The maximum atomic E-state index is 13.6. The minimum atomic E-state index is -0.382.